The molecular weight excluding hydrogens is 372 g/mol. The largest absolute Gasteiger partial charge is 0.417 e. The molecule has 132 valence electrons. The molecule has 0 bridgehead atoms. The van der Waals surface area contributed by atoms with Gasteiger partial charge in [-0.15, -0.1) is 31.4 Å². The molecule has 23 heavy (non-hydrogen) atoms. The van der Waals surface area contributed by atoms with Gasteiger partial charge in [-0.25, -0.2) is 0 Å². The van der Waals surface area contributed by atoms with E-state index >= 15 is 0 Å². The fourth-order valence-electron chi connectivity index (χ4n) is 2.65. The summed E-state index contributed by atoms with van der Waals surface area (Å²) in [7, 11) is 0. The van der Waals surface area contributed by atoms with E-state index in [-0.39, 0.29) is 35.9 Å². The Labute approximate surface area is 151 Å². The van der Waals surface area contributed by atoms with E-state index in [0.717, 1.165) is 32.2 Å². The number of rotatable bonds is 4. The van der Waals surface area contributed by atoms with Crippen molar-refractivity contribution < 1.29 is 13.2 Å². The first kappa shape index (κ1) is 22.5. The third kappa shape index (κ3) is 5.54. The molecule has 0 saturated carbocycles. The fraction of sp³-hybridized carbons (Fsp3) is 0.467. The minimum atomic E-state index is -4.44. The Morgan fingerprint density at radius 3 is 2.39 bits per heavy atom. The molecule has 0 radical (unpaired) electrons. The summed E-state index contributed by atoms with van der Waals surface area (Å²) < 4.78 is 39.0. The molecule has 2 nitrogen and oxygen atoms in total. The molecule has 0 spiro atoms. The second-order valence-corrected chi connectivity index (χ2v) is 5.41. The Morgan fingerprint density at radius 2 is 1.87 bits per heavy atom. The van der Waals surface area contributed by atoms with Gasteiger partial charge >= 0.3 is 6.18 Å². The summed E-state index contributed by atoms with van der Waals surface area (Å²) in [6.07, 6.45) is -2.14. The predicted molar refractivity (Wildman–Crippen MR) is 92.9 cm³/mol. The molecule has 1 atom stereocenters. The van der Waals surface area contributed by atoms with Gasteiger partial charge in [-0.2, -0.15) is 13.2 Å². The first-order valence-corrected chi connectivity index (χ1v) is 7.24. The van der Waals surface area contributed by atoms with Gasteiger partial charge in [0, 0.05) is 32.2 Å². The maximum atomic E-state index is 13.0. The number of hydrogen-bond acceptors (Lipinski definition) is 2. The molecule has 0 aliphatic carbocycles. The van der Waals surface area contributed by atoms with E-state index in [2.05, 4.69) is 16.8 Å². The molecule has 0 amide bonds. The second-order valence-electron chi connectivity index (χ2n) is 5.03. The Kier molecular flexibility index (Phi) is 9.55. The van der Waals surface area contributed by atoms with Gasteiger partial charge in [0.15, 0.2) is 0 Å². The third-order valence-electron chi connectivity index (χ3n) is 3.68. The van der Waals surface area contributed by atoms with Crippen LogP contribution in [0.3, 0.4) is 0 Å². The highest BCUT2D eigenvalue weighted by Crippen LogP contribution is 2.40. The highest BCUT2D eigenvalue weighted by Gasteiger charge is 2.35. The van der Waals surface area contributed by atoms with Crippen molar-refractivity contribution in [3.63, 3.8) is 0 Å². The van der Waals surface area contributed by atoms with Crippen LogP contribution in [0.2, 0.25) is 5.02 Å². The van der Waals surface area contributed by atoms with Crippen LogP contribution in [0, 0.1) is 0 Å². The van der Waals surface area contributed by atoms with E-state index < -0.39 is 11.7 Å². The Morgan fingerprint density at radius 1 is 1.26 bits per heavy atom. The Bertz CT molecular complexity index is 503. The van der Waals surface area contributed by atoms with Gasteiger partial charge < -0.3 is 5.32 Å². The molecule has 1 aromatic carbocycles. The van der Waals surface area contributed by atoms with Gasteiger partial charge in [-0.3, -0.25) is 4.90 Å². The second kappa shape index (κ2) is 9.74. The average molecular weight is 392 g/mol. The number of nitrogens with zero attached hydrogens (tertiary/aromatic N) is 1. The smallest absolute Gasteiger partial charge is 0.314 e. The summed E-state index contributed by atoms with van der Waals surface area (Å²) in [6, 6.07) is 3.95. The van der Waals surface area contributed by atoms with E-state index in [1.807, 2.05) is 0 Å². The van der Waals surface area contributed by atoms with E-state index in [1.54, 1.807) is 12.1 Å². The normalized spacial score (nSPS) is 16.9. The zero-order chi connectivity index (χ0) is 15.5. The van der Waals surface area contributed by atoms with Crippen molar-refractivity contribution in [2.45, 2.75) is 18.6 Å². The molecule has 8 heteroatoms. The third-order valence-corrected chi connectivity index (χ3v) is 4.10. The maximum Gasteiger partial charge on any atom is 0.417 e. The summed E-state index contributed by atoms with van der Waals surface area (Å²) in [5.41, 5.74) is -0.251. The van der Waals surface area contributed by atoms with Crippen LogP contribution in [0.25, 0.3) is 0 Å². The molecule has 2 rings (SSSR count). The highest BCUT2D eigenvalue weighted by atomic mass is 35.5. The van der Waals surface area contributed by atoms with Gasteiger partial charge in [-0.1, -0.05) is 29.8 Å². The Balaban J connectivity index is 0.00000242. The molecule has 1 aromatic rings. The van der Waals surface area contributed by atoms with Gasteiger partial charge in [0.05, 0.1) is 10.6 Å². The number of hydrogen-bond donors (Lipinski definition) is 1. The maximum absolute atomic E-state index is 13.0. The number of nitrogens with one attached hydrogen (secondary N) is 1. The fourth-order valence-corrected chi connectivity index (χ4v) is 3.01. The van der Waals surface area contributed by atoms with Crippen LogP contribution < -0.4 is 5.32 Å². The lowest BCUT2D eigenvalue weighted by Crippen LogP contribution is -2.45. The van der Waals surface area contributed by atoms with Gasteiger partial charge in [0.25, 0.3) is 0 Å². The van der Waals surface area contributed by atoms with Gasteiger partial charge in [0.2, 0.25) is 0 Å². The quantitative estimate of drug-likeness (QED) is 0.747. The van der Waals surface area contributed by atoms with Crippen LogP contribution in [0.15, 0.2) is 30.9 Å². The zero-order valence-electron chi connectivity index (χ0n) is 12.4. The monoisotopic (exact) mass is 390 g/mol. The van der Waals surface area contributed by atoms with Crippen LogP contribution in [-0.2, 0) is 6.18 Å². The number of piperazine rings is 1. The van der Waals surface area contributed by atoms with Crippen molar-refractivity contribution in [1.82, 2.24) is 10.2 Å². The summed E-state index contributed by atoms with van der Waals surface area (Å²) in [4.78, 5) is 2.15. The summed E-state index contributed by atoms with van der Waals surface area (Å²) >= 11 is 6.05. The molecule has 1 aliphatic rings. The molecule has 0 unspecified atom stereocenters. The van der Waals surface area contributed by atoms with Crippen molar-refractivity contribution in [1.29, 1.82) is 0 Å². The van der Waals surface area contributed by atoms with Gasteiger partial charge in [-0.05, 0) is 18.1 Å². The number of alkyl halides is 3. The minimum Gasteiger partial charge on any atom is -0.314 e. The zero-order valence-corrected chi connectivity index (χ0v) is 14.8. The SMILES string of the molecule is C=CC[C@H](c1cccc(C(F)(F)F)c1Cl)N1CCNCC1.Cl.Cl. The standard InChI is InChI=1S/C15H18ClF3N2.2ClH/c1-2-4-13(21-9-7-20-8-10-21)11-5-3-6-12(14(11)16)15(17,18)19;;/h2-3,5-6,13,20H,1,4,7-10H2;2*1H/t13-;;/m1../s1. The van der Waals surface area contributed by atoms with E-state index in [0.29, 0.717) is 12.0 Å². The van der Waals surface area contributed by atoms with Crippen LogP contribution in [0.5, 0.6) is 0 Å². The van der Waals surface area contributed by atoms with Crippen molar-refractivity contribution in [3.05, 3.63) is 47.0 Å². The summed E-state index contributed by atoms with van der Waals surface area (Å²) in [5.74, 6) is 0. The van der Waals surface area contributed by atoms with Gasteiger partial charge in [0.1, 0.15) is 0 Å². The molecule has 1 saturated heterocycles. The lowest BCUT2D eigenvalue weighted by atomic mass is 9.98. The summed E-state index contributed by atoms with van der Waals surface area (Å²) in [5, 5.41) is 3.03. The van der Waals surface area contributed by atoms with Crippen molar-refractivity contribution in [2.75, 3.05) is 26.2 Å². The topological polar surface area (TPSA) is 15.3 Å². The molecule has 1 aliphatic heterocycles. The van der Waals surface area contributed by atoms with E-state index in [1.165, 1.54) is 6.07 Å². The van der Waals surface area contributed by atoms with Crippen molar-refractivity contribution in [2.24, 2.45) is 0 Å². The lowest BCUT2D eigenvalue weighted by molar-refractivity contribution is -0.137. The van der Waals surface area contributed by atoms with Crippen LogP contribution in [0.4, 0.5) is 13.2 Å². The average Bonchev–Trinajstić information content (AvgIpc) is 2.45. The van der Waals surface area contributed by atoms with Crippen LogP contribution in [-0.4, -0.2) is 31.1 Å². The molecule has 0 aromatic heterocycles. The number of halogens is 6. The van der Waals surface area contributed by atoms with Crippen LogP contribution >= 0.6 is 36.4 Å². The summed E-state index contributed by atoms with van der Waals surface area (Å²) in [6.45, 7) is 6.93. The molecular formula is C15H20Cl3F3N2. The van der Waals surface area contributed by atoms with E-state index in [4.69, 9.17) is 11.6 Å². The number of benzene rings is 1. The molecule has 1 fully saturated rings. The first-order chi connectivity index (χ1) is 9.95. The predicted octanol–water partition coefficient (Wildman–Crippen LogP) is 4.72. The first-order valence-electron chi connectivity index (χ1n) is 6.86. The van der Waals surface area contributed by atoms with Crippen molar-refractivity contribution >= 4 is 36.4 Å². The molecule has 1 heterocycles. The highest BCUT2D eigenvalue weighted by molar-refractivity contribution is 6.32. The van der Waals surface area contributed by atoms with E-state index in [9.17, 15) is 13.2 Å². The Hall–Kier alpha value is -0.460. The lowest BCUT2D eigenvalue weighted by Gasteiger charge is -2.35. The minimum absolute atomic E-state index is 0. The van der Waals surface area contributed by atoms with Crippen molar-refractivity contribution in [3.8, 4) is 0 Å². The van der Waals surface area contributed by atoms with Crippen LogP contribution in [0.1, 0.15) is 23.6 Å². The molecule has 1 N–H and O–H groups in total.